The van der Waals surface area contributed by atoms with Crippen LogP contribution in [0.1, 0.15) is 25.0 Å². The van der Waals surface area contributed by atoms with Crippen molar-refractivity contribution in [2.45, 2.75) is 19.4 Å². The van der Waals surface area contributed by atoms with Gasteiger partial charge in [-0.15, -0.1) is 0 Å². The maximum Gasteiger partial charge on any atom is 0.103 e. The van der Waals surface area contributed by atoms with Crippen molar-refractivity contribution in [1.29, 1.82) is 0 Å². The Morgan fingerprint density at radius 1 is 1.36 bits per heavy atom. The van der Waals surface area contributed by atoms with Gasteiger partial charge in [-0.25, -0.2) is 5.90 Å². The summed E-state index contributed by atoms with van der Waals surface area (Å²) in [5.41, 5.74) is 1.14. The lowest BCUT2D eigenvalue weighted by Crippen LogP contribution is -2.07. The first kappa shape index (κ1) is 8.24. The molecule has 0 heterocycles. The summed E-state index contributed by atoms with van der Waals surface area (Å²) in [5, 5.41) is 0. The molecule has 0 aliphatic heterocycles. The first-order chi connectivity index (χ1) is 5.38. The lowest BCUT2D eigenvalue weighted by Gasteiger charge is -2.11. The van der Waals surface area contributed by atoms with Gasteiger partial charge < -0.3 is 0 Å². The van der Waals surface area contributed by atoms with Crippen molar-refractivity contribution in [2.24, 2.45) is 5.90 Å². The number of nitrogens with two attached hydrogens (primary N) is 1. The average Bonchev–Trinajstić information content (AvgIpc) is 2.09. The highest BCUT2D eigenvalue weighted by molar-refractivity contribution is 5.17. The number of rotatable bonds is 3. The Bertz CT molecular complexity index is 194. The van der Waals surface area contributed by atoms with Gasteiger partial charge in [0.1, 0.15) is 6.10 Å². The molecule has 0 saturated carbocycles. The zero-order valence-corrected chi connectivity index (χ0v) is 6.66. The van der Waals surface area contributed by atoms with E-state index in [2.05, 4.69) is 0 Å². The molecule has 0 aliphatic carbocycles. The van der Waals surface area contributed by atoms with E-state index in [9.17, 15) is 0 Å². The largest absolute Gasteiger partial charge is 0.297 e. The van der Waals surface area contributed by atoms with Crippen LogP contribution in [0.5, 0.6) is 0 Å². The van der Waals surface area contributed by atoms with Crippen LogP contribution in [-0.2, 0) is 4.84 Å². The first-order valence-corrected chi connectivity index (χ1v) is 3.79. The third kappa shape index (κ3) is 2.03. The zero-order chi connectivity index (χ0) is 8.10. The molecule has 1 aromatic carbocycles. The summed E-state index contributed by atoms with van der Waals surface area (Å²) in [6.07, 6.45) is 0.941. The minimum absolute atomic E-state index is 0.0381. The molecule has 0 saturated heterocycles. The predicted molar refractivity (Wildman–Crippen MR) is 44.7 cm³/mol. The van der Waals surface area contributed by atoms with Crippen LogP contribution in [-0.4, -0.2) is 0 Å². The highest BCUT2D eigenvalue weighted by atomic mass is 16.6. The molecule has 1 unspecified atom stereocenters. The van der Waals surface area contributed by atoms with Crippen molar-refractivity contribution in [3.05, 3.63) is 35.9 Å². The molecular weight excluding hydrogens is 138 g/mol. The number of hydrogen-bond acceptors (Lipinski definition) is 2. The molecule has 0 radical (unpaired) electrons. The van der Waals surface area contributed by atoms with Crippen molar-refractivity contribution in [2.75, 3.05) is 0 Å². The van der Waals surface area contributed by atoms with Gasteiger partial charge in [-0.3, -0.25) is 4.84 Å². The molecule has 60 valence electrons. The van der Waals surface area contributed by atoms with Crippen molar-refractivity contribution in [3.8, 4) is 0 Å². The zero-order valence-electron chi connectivity index (χ0n) is 6.66. The van der Waals surface area contributed by atoms with E-state index in [-0.39, 0.29) is 6.10 Å². The van der Waals surface area contributed by atoms with Gasteiger partial charge in [-0.2, -0.15) is 0 Å². The Hall–Kier alpha value is -0.860. The smallest absolute Gasteiger partial charge is 0.103 e. The molecule has 1 rings (SSSR count). The molecular formula is C9H13NO. The second-order valence-corrected chi connectivity index (χ2v) is 2.44. The molecule has 11 heavy (non-hydrogen) atoms. The molecule has 1 aromatic rings. The number of benzene rings is 1. The van der Waals surface area contributed by atoms with Gasteiger partial charge >= 0.3 is 0 Å². The van der Waals surface area contributed by atoms with Gasteiger partial charge in [-0.1, -0.05) is 37.3 Å². The summed E-state index contributed by atoms with van der Waals surface area (Å²) in [6, 6.07) is 9.98. The van der Waals surface area contributed by atoms with Gasteiger partial charge in [-0.05, 0) is 12.0 Å². The molecule has 0 aromatic heterocycles. The van der Waals surface area contributed by atoms with Crippen LogP contribution in [0.4, 0.5) is 0 Å². The van der Waals surface area contributed by atoms with Crippen molar-refractivity contribution < 1.29 is 4.84 Å². The monoisotopic (exact) mass is 151 g/mol. The number of hydrogen-bond donors (Lipinski definition) is 1. The Morgan fingerprint density at radius 3 is 2.45 bits per heavy atom. The van der Waals surface area contributed by atoms with Crippen LogP contribution in [0.15, 0.2) is 30.3 Å². The second kappa shape index (κ2) is 4.11. The van der Waals surface area contributed by atoms with Crippen molar-refractivity contribution in [1.82, 2.24) is 0 Å². The maximum absolute atomic E-state index is 5.12. The molecule has 0 bridgehead atoms. The Labute approximate surface area is 66.9 Å². The summed E-state index contributed by atoms with van der Waals surface area (Å²) >= 11 is 0. The highest BCUT2D eigenvalue weighted by Gasteiger charge is 2.05. The molecule has 1 atom stereocenters. The standard InChI is InChI=1S/C9H13NO/c1-2-9(11-10)8-6-4-3-5-7-8/h3-7,9H,2,10H2,1H3. The third-order valence-electron chi connectivity index (χ3n) is 1.71. The minimum Gasteiger partial charge on any atom is -0.297 e. The van der Waals surface area contributed by atoms with E-state index in [4.69, 9.17) is 10.7 Å². The van der Waals surface area contributed by atoms with Crippen LogP contribution < -0.4 is 5.90 Å². The van der Waals surface area contributed by atoms with Gasteiger partial charge in [0.25, 0.3) is 0 Å². The molecule has 0 fully saturated rings. The molecule has 2 N–H and O–H groups in total. The van der Waals surface area contributed by atoms with Crippen LogP contribution >= 0.6 is 0 Å². The quantitative estimate of drug-likeness (QED) is 0.671. The minimum atomic E-state index is 0.0381. The fraction of sp³-hybridized carbons (Fsp3) is 0.333. The van der Waals surface area contributed by atoms with Gasteiger partial charge in [0, 0.05) is 0 Å². The normalized spacial score (nSPS) is 12.9. The molecule has 2 heteroatoms. The van der Waals surface area contributed by atoms with Crippen LogP contribution in [0.3, 0.4) is 0 Å². The van der Waals surface area contributed by atoms with Crippen LogP contribution in [0, 0.1) is 0 Å². The van der Waals surface area contributed by atoms with E-state index in [0.29, 0.717) is 0 Å². The SMILES string of the molecule is CCC(ON)c1ccccc1. The topological polar surface area (TPSA) is 35.2 Å². The van der Waals surface area contributed by atoms with Crippen LogP contribution in [0.2, 0.25) is 0 Å². The molecule has 0 spiro atoms. The summed E-state index contributed by atoms with van der Waals surface area (Å²) < 4.78 is 0. The van der Waals surface area contributed by atoms with E-state index >= 15 is 0 Å². The lowest BCUT2D eigenvalue weighted by atomic mass is 10.1. The van der Waals surface area contributed by atoms with Crippen molar-refractivity contribution >= 4 is 0 Å². The van der Waals surface area contributed by atoms with E-state index in [1.54, 1.807) is 0 Å². The lowest BCUT2D eigenvalue weighted by molar-refractivity contribution is 0.0500. The van der Waals surface area contributed by atoms with Crippen molar-refractivity contribution in [3.63, 3.8) is 0 Å². The first-order valence-electron chi connectivity index (χ1n) is 3.79. The average molecular weight is 151 g/mol. The van der Waals surface area contributed by atoms with Gasteiger partial charge in [0.15, 0.2) is 0 Å². The molecule has 0 amide bonds. The fourth-order valence-corrected chi connectivity index (χ4v) is 1.08. The Kier molecular flexibility index (Phi) is 3.08. The molecule has 2 nitrogen and oxygen atoms in total. The highest BCUT2D eigenvalue weighted by Crippen LogP contribution is 2.17. The summed E-state index contributed by atoms with van der Waals surface area (Å²) in [7, 11) is 0. The fourth-order valence-electron chi connectivity index (χ4n) is 1.08. The van der Waals surface area contributed by atoms with E-state index in [0.717, 1.165) is 12.0 Å². The predicted octanol–water partition coefficient (Wildman–Crippen LogP) is 2.03. The Balaban J connectivity index is 2.74. The molecule has 0 aliphatic rings. The van der Waals surface area contributed by atoms with Gasteiger partial charge in [0.05, 0.1) is 0 Å². The van der Waals surface area contributed by atoms with E-state index < -0.39 is 0 Å². The second-order valence-electron chi connectivity index (χ2n) is 2.44. The van der Waals surface area contributed by atoms with Gasteiger partial charge in [0.2, 0.25) is 0 Å². The summed E-state index contributed by atoms with van der Waals surface area (Å²) in [6.45, 7) is 2.05. The third-order valence-corrected chi connectivity index (χ3v) is 1.71. The Morgan fingerprint density at radius 2 is 2.00 bits per heavy atom. The summed E-state index contributed by atoms with van der Waals surface area (Å²) in [5.74, 6) is 5.12. The van der Waals surface area contributed by atoms with E-state index in [1.807, 2.05) is 37.3 Å². The summed E-state index contributed by atoms with van der Waals surface area (Å²) in [4.78, 5) is 4.79. The maximum atomic E-state index is 5.12. The van der Waals surface area contributed by atoms with Crippen LogP contribution in [0.25, 0.3) is 0 Å². The van der Waals surface area contributed by atoms with E-state index in [1.165, 1.54) is 0 Å².